The minimum atomic E-state index is -0.423. The van der Waals surface area contributed by atoms with Crippen LogP contribution in [0.4, 0.5) is 0 Å². The lowest BCUT2D eigenvalue weighted by Gasteiger charge is -2.03. The summed E-state index contributed by atoms with van der Waals surface area (Å²) in [6.07, 6.45) is 0. The summed E-state index contributed by atoms with van der Waals surface area (Å²) in [6, 6.07) is 7.41. The molecule has 6 heteroatoms. The molecule has 0 bridgehead atoms. The van der Waals surface area contributed by atoms with E-state index in [2.05, 4.69) is 4.98 Å². The van der Waals surface area contributed by atoms with Gasteiger partial charge in [0, 0.05) is 0 Å². The second kappa shape index (κ2) is 5.32. The summed E-state index contributed by atoms with van der Waals surface area (Å²) in [5.74, 6) is 0.339. The SMILES string of the molecule is COC(=O)c1[nH]c(=S)sc1-c1ccc(OC)cc1. The molecule has 1 aromatic heterocycles. The largest absolute Gasteiger partial charge is 0.497 e. The Kier molecular flexibility index (Phi) is 3.78. The molecule has 0 spiro atoms. The first-order chi connectivity index (χ1) is 8.65. The molecule has 1 heterocycles. The number of H-pyrrole nitrogens is 1. The molecule has 2 aromatic rings. The van der Waals surface area contributed by atoms with Crippen molar-refractivity contribution in [3.8, 4) is 16.2 Å². The van der Waals surface area contributed by atoms with Gasteiger partial charge in [-0.1, -0.05) is 0 Å². The maximum atomic E-state index is 11.6. The molecule has 0 unspecified atom stereocenters. The lowest BCUT2D eigenvalue weighted by Crippen LogP contribution is -2.03. The molecule has 1 aromatic carbocycles. The molecule has 4 nitrogen and oxygen atoms in total. The molecule has 0 amide bonds. The van der Waals surface area contributed by atoms with Gasteiger partial charge in [-0.05, 0) is 42.0 Å². The molecule has 0 radical (unpaired) electrons. The number of rotatable bonds is 3. The van der Waals surface area contributed by atoms with Crippen molar-refractivity contribution in [1.29, 1.82) is 0 Å². The molecule has 1 N–H and O–H groups in total. The molecular weight excluding hydrogens is 270 g/mol. The normalized spacial score (nSPS) is 10.1. The zero-order valence-corrected chi connectivity index (χ0v) is 11.5. The molecule has 18 heavy (non-hydrogen) atoms. The van der Waals surface area contributed by atoms with E-state index in [-0.39, 0.29) is 0 Å². The van der Waals surface area contributed by atoms with Crippen LogP contribution in [0.15, 0.2) is 24.3 Å². The van der Waals surface area contributed by atoms with E-state index in [9.17, 15) is 4.79 Å². The number of ether oxygens (including phenoxy) is 2. The number of carbonyl (C=O) groups is 1. The predicted molar refractivity (Wildman–Crippen MR) is 72.8 cm³/mol. The first-order valence-corrected chi connectivity index (χ1v) is 6.34. The quantitative estimate of drug-likeness (QED) is 0.693. The van der Waals surface area contributed by atoms with Gasteiger partial charge in [0.2, 0.25) is 0 Å². The van der Waals surface area contributed by atoms with Crippen LogP contribution in [0.3, 0.4) is 0 Å². The van der Waals surface area contributed by atoms with Gasteiger partial charge in [-0.15, -0.1) is 11.3 Å². The van der Waals surface area contributed by atoms with Crippen LogP contribution >= 0.6 is 23.6 Å². The van der Waals surface area contributed by atoms with Crippen molar-refractivity contribution in [2.45, 2.75) is 0 Å². The number of nitrogens with one attached hydrogen (secondary N) is 1. The Labute approximate surface area is 113 Å². The minimum absolute atomic E-state index is 0.387. The fraction of sp³-hybridized carbons (Fsp3) is 0.167. The van der Waals surface area contributed by atoms with E-state index >= 15 is 0 Å². The van der Waals surface area contributed by atoms with Gasteiger partial charge in [0.15, 0.2) is 3.95 Å². The van der Waals surface area contributed by atoms with Crippen molar-refractivity contribution in [2.24, 2.45) is 0 Å². The lowest BCUT2D eigenvalue weighted by molar-refractivity contribution is 0.0595. The van der Waals surface area contributed by atoms with E-state index in [0.29, 0.717) is 9.65 Å². The molecule has 0 saturated heterocycles. The molecule has 94 valence electrons. The number of aromatic amines is 1. The van der Waals surface area contributed by atoms with Gasteiger partial charge in [-0.3, -0.25) is 0 Å². The van der Waals surface area contributed by atoms with Crippen LogP contribution in [0.5, 0.6) is 5.75 Å². The van der Waals surface area contributed by atoms with Crippen LogP contribution in [0, 0.1) is 3.95 Å². The van der Waals surface area contributed by atoms with Gasteiger partial charge in [-0.2, -0.15) is 0 Å². The molecule has 0 aliphatic carbocycles. The number of benzene rings is 1. The predicted octanol–water partition coefficient (Wildman–Crippen LogP) is 3.27. The second-order valence-corrected chi connectivity index (χ2v) is 5.13. The Balaban J connectivity index is 2.49. The van der Waals surface area contributed by atoms with Crippen molar-refractivity contribution in [1.82, 2.24) is 4.98 Å². The number of thiazole rings is 1. The van der Waals surface area contributed by atoms with E-state index in [1.54, 1.807) is 7.11 Å². The number of methoxy groups -OCH3 is 2. The van der Waals surface area contributed by atoms with Gasteiger partial charge in [0.25, 0.3) is 0 Å². The monoisotopic (exact) mass is 281 g/mol. The maximum Gasteiger partial charge on any atom is 0.356 e. The Bertz CT molecular complexity index is 613. The Morgan fingerprint density at radius 1 is 1.28 bits per heavy atom. The molecule has 0 aliphatic rings. The third kappa shape index (κ3) is 2.44. The van der Waals surface area contributed by atoms with Crippen molar-refractivity contribution >= 4 is 29.5 Å². The summed E-state index contributed by atoms with van der Waals surface area (Å²) >= 11 is 6.41. The number of esters is 1. The molecule has 0 fully saturated rings. The zero-order chi connectivity index (χ0) is 13.1. The minimum Gasteiger partial charge on any atom is -0.497 e. The number of carbonyl (C=O) groups excluding carboxylic acids is 1. The fourth-order valence-electron chi connectivity index (χ4n) is 1.52. The standard InChI is InChI=1S/C12H11NO3S2/c1-15-8-5-3-7(4-6-8)10-9(11(14)16-2)13-12(17)18-10/h3-6H,1-2H3,(H,13,17). The Morgan fingerprint density at radius 2 is 1.94 bits per heavy atom. The second-order valence-electron chi connectivity index (χ2n) is 3.44. The van der Waals surface area contributed by atoms with Crippen LogP contribution in [0.2, 0.25) is 0 Å². The number of hydrogen-bond acceptors (Lipinski definition) is 5. The van der Waals surface area contributed by atoms with Crippen molar-refractivity contribution < 1.29 is 14.3 Å². The van der Waals surface area contributed by atoms with Gasteiger partial charge < -0.3 is 14.5 Å². The van der Waals surface area contributed by atoms with Crippen LogP contribution < -0.4 is 4.74 Å². The highest BCUT2D eigenvalue weighted by Gasteiger charge is 2.16. The highest BCUT2D eigenvalue weighted by molar-refractivity contribution is 7.73. The zero-order valence-electron chi connectivity index (χ0n) is 9.85. The summed E-state index contributed by atoms with van der Waals surface area (Å²) in [5.41, 5.74) is 1.28. The average molecular weight is 281 g/mol. The molecule has 0 saturated carbocycles. The van der Waals surface area contributed by atoms with E-state index < -0.39 is 5.97 Å². The molecule has 0 aliphatic heterocycles. The maximum absolute atomic E-state index is 11.6. The van der Waals surface area contributed by atoms with Crippen molar-refractivity contribution in [2.75, 3.05) is 14.2 Å². The van der Waals surface area contributed by atoms with Crippen LogP contribution in [0.1, 0.15) is 10.5 Å². The van der Waals surface area contributed by atoms with E-state index in [1.807, 2.05) is 24.3 Å². The third-order valence-corrected chi connectivity index (χ3v) is 3.67. The highest BCUT2D eigenvalue weighted by atomic mass is 32.1. The van der Waals surface area contributed by atoms with Gasteiger partial charge >= 0.3 is 5.97 Å². The number of aromatic nitrogens is 1. The Hall–Kier alpha value is -1.66. The molecular formula is C12H11NO3S2. The number of hydrogen-bond donors (Lipinski definition) is 1. The third-order valence-electron chi connectivity index (χ3n) is 2.39. The first kappa shape index (κ1) is 12.8. The van der Waals surface area contributed by atoms with E-state index in [4.69, 9.17) is 21.7 Å². The molecule has 2 rings (SSSR count). The van der Waals surface area contributed by atoms with Gasteiger partial charge in [-0.25, -0.2) is 4.79 Å². The van der Waals surface area contributed by atoms with Crippen molar-refractivity contribution in [3.05, 3.63) is 33.9 Å². The summed E-state index contributed by atoms with van der Waals surface area (Å²) in [7, 11) is 2.95. The Morgan fingerprint density at radius 3 is 2.50 bits per heavy atom. The summed E-state index contributed by atoms with van der Waals surface area (Å²) in [6.45, 7) is 0. The first-order valence-electron chi connectivity index (χ1n) is 5.11. The van der Waals surface area contributed by atoms with Gasteiger partial charge in [0.05, 0.1) is 19.1 Å². The summed E-state index contributed by atoms with van der Waals surface area (Å²) in [5, 5.41) is 0. The van der Waals surface area contributed by atoms with Crippen LogP contribution in [-0.2, 0) is 4.74 Å². The van der Waals surface area contributed by atoms with E-state index in [1.165, 1.54) is 18.4 Å². The fourth-order valence-corrected chi connectivity index (χ4v) is 2.70. The van der Waals surface area contributed by atoms with Gasteiger partial charge in [0.1, 0.15) is 11.4 Å². The van der Waals surface area contributed by atoms with E-state index in [0.717, 1.165) is 16.2 Å². The van der Waals surface area contributed by atoms with Crippen LogP contribution in [-0.4, -0.2) is 25.2 Å². The lowest BCUT2D eigenvalue weighted by atomic mass is 10.1. The topological polar surface area (TPSA) is 51.3 Å². The summed E-state index contributed by atoms with van der Waals surface area (Å²) < 4.78 is 10.4. The van der Waals surface area contributed by atoms with Crippen molar-refractivity contribution in [3.63, 3.8) is 0 Å². The molecule has 0 atom stereocenters. The van der Waals surface area contributed by atoms with Crippen LogP contribution in [0.25, 0.3) is 10.4 Å². The smallest absolute Gasteiger partial charge is 0.356 e. The highest BCUT2D eigenvalue weighted by Crippen LogP contribution is 2.30. The summed E-state index contributed by atoms with van der Waals surface area (Å²) in [4.78, 5) is 15.2. The average Bonchev–Trinajstić information content (AvgIpc) is 2.80.